The van der Waals surface area contributed by atoms with Crippen molar-refractivity contribution in [3.8, 4) is 11.5 Å². The van der Waals surface area contributed by atoms with Crippen LogP contribution in [0.1, 0.15) is 28.7 Å². The molecule has 1 aromatic heterocycles. The highest BCUT2D eigenvalue weighted by Crippen LogP contribution is 2.28. The van der Waals surface area contributed by atoms with Crippen LogP contribution in [-0.2, 0) is 7.05 Å². The molecule has 0 N–H and O–H groups in total. The molecule has 0 atom stereocenters. The first-order valence-corrected chi connectivity index (χ1v) is 5.78. The summed E-state index contributed by atoms with van der Waals surface area (Å²) in [6, 6.07) is 7.16. The third-order valence-electron chi connectivity index (χ3n) is 2.90. The number of carbonyl (C=O) groups is 1. The van der Waals surface area contributed by atoms with Gasteiger partial charge in [-0.25, -0.2) is 0 Å². The van der Waals surface area contributed by atoms with Gasteiger partial charge in [-0.1, -0.05) is 12.1 Å². The van der Waals surface area contributed by atoms with E-state index in [9.17, 15) is 4.79 Å². The largest absolute Gasteiger partial charge is 0.453 e. The number of ketones is 1. The van der Waals surface area contributed by atoms with Crippen LogP contribution in [0.15, 0.2) is 24.3 Å². The number of aromatic nitrogens is 2. The number of ether oxygens (including phenoxy) is 1. The minimum absolute atomic E-state index is 0.0279. The number of hydrogen-bond donors (Lipinski definition) is 0. The van der Waals surface area contributed by atoms with E-state index in [1.165, 1.54) is 0 Å². The topological polar surface area (TPSA) is 44.1 Å². The predicted molar refractivity (Wildman–Crippen MR) is 69.2 cm³/mol. The molecular weight excluding hydrogens is 228 g/mol. The Bertz CT molecular complexity index is 600. The number of Topliss-reactive ketones (excluding diaryl/α,β-unsaturated/α-hetero) is 1. The number of aryl methyl sites for hydroxylation is 2. The lowest BCUT2D eigenvalue weighted by Gasteiger charge is -2.07. The second kappa shape index (κ2) is 4.64. The van der Waals surface area contributed by atoms with Crippen molar-refractivity contribution < 1.29 is 9.53 Å². The molecule has 1 aromatic carbocycles. The van der Waals surface area contributed by atoms with Gasteiger partial charge in [-0.15, -0.1) is 0 Å². The second-order valence-electron chi connectivity index (χ2n) is 4.31. The molecular formula is C14H16N2O2. The van der Waals surface area contributed by atoms with E-state index >= 15 is 0 Å². The van der Waals surface area contributed by atoms with Crippen molar-refractivity contribution in [1.82, 2.24) is 9.78 Å². The zero-order valence-corrected chi connectivity index (χ0v) is 11.0. The summed E-state index contributed by atoms with van der Waals surface area (Å²) in [5.74, 6) is 1.43. The minimum Gasteiger partial charge on any atom is -0.453 e. The molecule has 18 heavy (non-hydrogen) atoms. The lowest BCUT2D eigenvalue weighted by Crippen LogP contribution is -1.94. The van der Waals surface area contributed by atoms with Crippen LogP contribution in [0.2, 0.25) is 0 Å². The second-order valence-corrected chi connectivity index (χ2v) is 4.31. The van der Waals surface area contributed by atoms with Gasteiger partial charge in [0.1, 0.15) is 11.4 Å². The molecule has 0 fully saturated rings. The number of hydrogen-bond acceptors (Lipinski definition) is 3. The molecule has 0 radical (unpaired) electrons. The highest BCUT2D eigenvalue weighted by molar-refractivity contribution is 5.94. The Labute approximate surface area is 106 Å². The molecule has 4 nitrogen and oxygen atoms in total. The Morgan fingerprint density at radius 2 is 2.06 bits per heavy atom. The normalized spacial score (nSPS) is 10.4. The Morgan fingerprint density at radius 1 is 1.33 bits per heavy atom. The maximum Gasteiger partial charge on any atom is 0.171 e. The van der Waals surface area contributed by atoms with Gasteiger partial charge in [0, 0.05) is 12.6 Å². The monoisotopic (exact) mass is 244 g/mol. The van der Waals surface area contributed by atoms with Crippen molar-refractivity contribution in [2.24, 2.45) is 7.05 Å². The van der Waals surface area contributed by atoms with Crippen molar-refractivity contribution in [2.45, 2.75) is 20.8 Å². The van der Waals surface area contributed by atoms with Crippen molar-refractivity contribution in [3.63, 3.8) is 0 Å². The van der Waals surface area contributed by atoms with Crippen LogP contribution in [0.25, 0.3) is 0 Å². The van der Waals surface area contributed by atoms with Crippen LogP contribution in [0.4, 0.5) is 0 Å². The van der Waals surface area contributed by atoms with Gasteiger partial charge in [-0.3, -0.25) is 9.48 Å². The first-order valence-electron chi connectivity index (χ1n) is 5.78. The molecule has 0 unspecified atom stereocenters. The summed E-state index contributed by atoms with van der Waals surface area (Å²) in [5.41, 5.74) is 2.44. The van der Waals surface area contributed by atoms with E-state index in [1.807, 2.05) is 33.0 Å². The number of benzene rings is 1. The first kappa shape index (κ1) is 12.4. The summed E-state index contributed by atoms with van der Waals surface area (Å²) in [5, 5.41) is 4.29. The summed E-state index contributed by atoms with van der Waals surface area (Å²) < 4.78 is 7.59. The molecule has 1 heterocycles. The highest BCUT2D eigenvalue weighted by atomic mass is 16.5. The van der Waals surface area contributed by atoms with E-state index < -0.39 is 0 Å². The maximum absolute atomic E-state index is 11.3. The average Bonchev–Trinajstić information content (AvgIpc) is 2.56. The van der Waals surface area contributed by atoms with Crippen LogP contribution in [0.3, 0.4) is 0 Å². The van der Waals surface area contributed by atoms with Crippen molar-refractivity contribution in [1.29, 1.82) is 0 Å². The first-order chi connectivity index (χ1) is 8.49. The fourth-order valence-corrected chi connectivity index (χ4v) is 1.80. The quantitative estimate of drug-likeness (QED) is 0.779. The number of nitrogens with zero attached hydrogens (tertiary/aromatic N) is 2. The molecule has 0 amide bonds. The molecule has 0 aliphatic carbocycles. The third kappa shape index (κ3) is 2.27. The maximum atomic E-state index is 11.3. The van der Waals surface area contributed by atoms with E-state index in [2.05, 4.69) is 5.10 Å². The third-order valence-corrected chi connectivity index (χ3v) is 2.90. The van der Waals surface area contributed by atoms with Crippen LogP contribution >= 0.6 is 0 Å². The fraction of sp³-hybridized carbons (Fsp3) is 0.286. The molecule has 2 rings (SSSR count). The number of carbonyl (C=O) groups excluding carboxylic acids is 1. The van der Waals surface area contributed by atoms with Gasteiger partial charge in [-0.2, -0.15) is 5.10 Å². The lowest BCUT2D eigenvalue weighted by atomic mass is 10.1. The predicted octanol–water partition coefficient (Wildman–Crippen LogP) is 3.03. The van der Waals surface area contributed by atoms with Crippen LogP contribution in [-0.4, -0.2) is 15.6 Å². The molecule has 0 spiro atoms. The van der Waals surface area contributed by atoms with E-state index in [1.54, 1.807) is 23.7 Å². The fourth-order valence-electron chi connectivity index (χ4n) is 1.80. The van der Waals surface area contributed by atoms with Crippen molar-refractivity contribution in [2.75, 3.05) is 0 Å². The zero-order chi connectivity index (χ0) is 13.3. The molecule has 0 saturated carbocycles. The van der Waals surface area contributed by atoms with Crippen molar-refractivity contribution in [3.05, 3.63) is 41.2 Å². The van der Waals surface area contributed by atoms with Gasteiger partial charge < -0.3 is 4.74 Å². The van der Waals surface area contributed by atoms with Gasteiger partial charge in [0.2, 0.25) is 0 Å². The Balaban J connectivity index is 2.34. The molecule has 94 valence electrons. The molecule has 0 aliphatic heterocycles. The van der Waals surface area contributed by atoms with E-state index in [-0.39, 0.29) is 5.78 Å². The van der Waals surface area contributed by atoms with Gasteiger partial charge in [-0.05, 0) is 32.9 Å². The summed E-state index contributed by atoms with van der Waals surface area (Å²) in [6.07, 6.45) is 0. The summed E-state index contributed by atoms with van der Waals surface area (Å²) in [4.78, 5) is 11.3. The van der Waals surface area contributed by atoms with Crippen LogP contribution in [0.5, 0.6) is 11.5 Å². The summed E-state index contributed by atoms with van der Waals surface area (Å²) >= 11 is 0. The molecule has 0 saturated heterocycles. The van der Waals surface area contributed by atoms with Gasteiger partial charge in [0.15, 0.2) is 11.5 Å². The SMILES string of the molecule is CC(=O)c1cccc(Oc2c(C)nn(C)c2C)c1. The summed E-state index contributed by atoms with van der Waals surface area (Å²) in [6.45, 7) is 5.39. The standard InChI is InChI=1S/C14H16N2O2/c1-9-14(10(2)16(4)15-9)18-13-7-5-6-12(8-13)11(3)17/h5-8H,1-4H3. The van der Waals surface area contributed by atoms with Gasteiger partial charge >= 0.3 is 0 Å². The Kier molecular flexibility index (Phi) is 3.19. The van der Waals surface area contributed by atoms with Crippen LogP contribution < -0.4 is 4.74 Å². The zero-order valence-electron chi connectivity index (χ0n) is 11.0. The lowest BCUT2D eigenvalue weighted by molar-refractivity contribution is 0.101. The molecule has 2 aromatic rings. The minimum atomic E-state index is 0.0279. The van der Waals surface area contributed by atoms with Gasteiger partial charge in [0.25, 0.3) is 0 Å². The molecule has 0 bridgehead atoms. The molecule has 4 heteroatoms. The van der Waals surface area contributed by atoms with Gasteiger partial charge in [0.05, 0.1) is 5.69 Å². The Morgan fingerprint density at radius 3 is 2.61 bits per heavy atom. The van der Waals surface area contributed by atoms with E-state index in [0.717, 1.165) is 17.1 Å². The smallest absolute Gasteiger partial charge is 0.171 e. The van der Waals surface area contributed by atoms with Crippen LogP contribution in [0, 0.1) is 13.8 Å². The Hall–Kier alpha value is -2.10. The van der Waals surface area contributed by atoms with E-state index in [0.29, 0.717) is 11.3 Å². The number of rotatable bonds is 3. The van der Waals surface area contributed by atoms with Crippen molar-refractivity contribution >= 4 is 5.78 Å². The summed E-state index contributed by atoms with van der Waals surface area (Å²) in [7, 11) is 1.88. The average molecular weight is 244 g/mol. The van der Waals surface area contributed by atoms with E-state index in [4.69, 9.17) is 4.74 Å². The highest BCUT2D eigenvalue weighted by Gasteiger charge is 2.12. The molecule has 0 aliphatic rings.